The zero-order valence-corrected chi connectivity index (χ0v) is 22.7. The van der Waals surface area contributed by atoms with Gasteiger partial charge in [-0.05, 0) is 77.8 Å². The Balaban J connectivity index is 1.16. The van der Waals surface area contributed by atoms with Gasteiger partial charge in [-0.1, -0.05) is 64.2 Å². The summed E-state index contributed by atoms with van der Waals surface area (Å²) in [5, 5.41) is 14.2. The highest BCUT2D eigenvalue weighted by Crippen LogP contribution is 2.11. The van der Waals surface area contributed by atoms with Gasteiger partial charge < -0.3 is 21.3 Å². The maximum absolute atomic E-state index is 3.63. The molecule has 6 heteroatoms. The van der Waals surface area contributed by atoms with Gasteiger partial charge in [0, 0.05) is 39.5 Å². The topological polar surface area (TPSA) is 54.6 Å². The monoisotopic (exact) mass is 480 g/mol. The van der Waals surface area contributed by atoms with E-state index in [4.69, 9.17) is 0 Å². The minimum atomic E-state index is 1.09. The molecular formula is C28H60N6. The Hall–Kier alpha value is -0.240. The van der Waals surface area contributed by atoms with Crippen LogP contribution in [-0.2, 0) is 0 Å². The molecule has 202 valence electrons. The molecule has 2 heterocycles. The third-order valence-corrected chi connectivity index (χ3v) is 7.44. The maximum atomic E-state index is 3.63. The highest BCUT2D eigenvalue weighted by molar-refractivity contribution is 4.65. The lowest BCUT2D eigenvalue weighted by atomic mass is 10.1. The van der Waals surface area contributed by atoms with Crippen molar-refractivity contribution in [3.05, 3.63) is 0 Å². The number of unbranched alkanes of at least 4 members (excludes halogenated alkanes) is 11. The van der Waals surface area contributed by atoms with Gasteiger partial charge in [-0.15, -0.1) is 0 Å². The second-order valence-electron chi connectivity index (χ2n) is 10.7. The molecule has 0 atom stereocenters. The van der Waals surface area contributed by atoms with Gasteiger partial charge in [-0.25, -0.2) is 0 Å². The summed E-state index contributed by atoms with van der Waals surface area (Å²) in [5.74, 6) is 0. The molecule has 0 aliphatic carbocycles. The zero-order chi connectivity index (χ0) is 23.8. The number of hydrogen-bond acceptors (Lipinski definition) is 6. The van der Waals surface area contributed by atoms with E-state index in [1.54, 1.807) is 0 Å². The van der Waals surface area contributed by atoms with Gasteiger partial charge in [0.05, 0.1) is 0 Å². The molecule has 0 aromatic heterocycles. The van der Waals surface area contributed by atoms with Crippen LogP contribution >= 0.6 is 0 Å². The minimum Gasteiger partial charge on any atom is -0.317 e. The minimum absolute atomic E-state index is 1.09. The molecule has 0 aromatic rings. The lowest BCUT2D eigenvalue weighted by Crippen LogP contribution is -2.42. The number of nitrogens with zero attached hydrogens (tertiary/aromatic N) is 2. The van der Waals surface area contributed by atoms with Gasteiger partial charge in [-0.3, -0.25) is 9.80 Å². The fourth-order valence-corrected chi connectivity index (χ4v) is 5.24. The van der Waals surface area contributed by atoms with Crippen molar-refractivity contribution in [3.8, 4) is 0 Å². The first-order valence-corrected chi connectivity index (χ1v) is 15.2. The Bertz CT molecular complexity index is 372. The van der Waals surface area contributed by atoms with Crippen molar-refractivity contribution >= 4 is 0 Å². The molecule has 0 unspecified atom stereocenters. The van der Waals surface area contributed by atoms with E-state index in [1.165, 1.54) is 168 Å². The molecule has 0 saturated carbocycles. The Morgan fingerprint density at radius 2 is 0.794 bits per heavy atom. The summed E-state index contributed by atoms with van der Waals surface area (Å²) in [6, 6.07) is 0. The third kappa shape index (κ3) is 18.1. The number of nitrogens with one attached hydrogen (secondary N) is 4. The summed E-state index contributed by atoms with van der Waals surface area (Å²) >= 11 is 0. The average molecular weight is 481 g/mol. The highest BCUT2D eigenvalue weighted by atomic mass is 15.2. The molecule has 2 aliphatic rings. The van der Waals surface area contributed by atoms with Crippen LogP contribution in [0.3, 0.4) is 0 Å². The van der Waals surface area contributed by atoms with Crippen LogP contribution in [0.15, 0.2) is 0 Å². The van der Waals surface area contributed by atoms with Gasteiger partial charge >= 0.3 is 0 Å². The van der Waals surface area contributed by atoms with Crippen molar-refractivity contribution < 1.29 is 0 Å². The Morgan fingerprint density at radius 1 is 0.441 bits per heavy atom. The second kappa shape index (κ2) is 23.2. The second-order valence-corrected chi connectivity index (χ2v) is 10.7. The third-order valence-electron chi connectivity index (χ3n) is 7.44. The summed E-state index contributed by atoms with van der Waals surface area (Å²) < 4.78 is 0. The predicted octanol–water partition coefficient (Wildman–Crippen LogP) is 4.13. The largest absolute Gasteiger partial charge is 0.317 e. The quantitative estimate of drug-likeness (QED) is 0.165. The summed E-state index contributed by atoms with van der Waals surface area (Å²) in [4.78, 5) is 5.08. The molecule has 0 radical (unpaired) electrons. The van der Waals surface area contributed by atoms with Crippen LogP contribution in [0.5, 0.6) is 0 Å². The molecule has 2 rings (SSSR count). The van der Waals surface area contributed by atoms with Crippen molar-refractivity contribution in [1.29, 1.82) is 0 Å². The molecule has 0 aromatic carbocycles. The molecule has 4 N–H and O–H groups in total. The van der Waals surface area contributed by atoms with Crippen LogP contribution in [0.2, 0.25) is 0 Å². The van der Waals surface area contributed by atoms with E-state index in [9.17, 15) is 0 Å². The Labute approximate surface area is 212 Å². The van der Waals surface area contributed by atoms with E-state index in [2.05, 4.69) is 31.1 Å². The van der Waals surface area contributed by atoms with Crippen molar-refractivity contribution in [3.63, 3.8) is 0 Å². The fraction of sp³-hybridized carbons (Fsp3) is 1.00. The van der Waals surface area contributed by atoms with E-state index < -0.39 is 0 Å². The molecule has 0 amide bonds. The summed E-state index contributed by atoms with van der Waals surface area (Å²) in [6.07, 6.45) is 22.3. The molecule has 0 spiro atoms. The summed E-state index contributed by atoms with van der Waals surface area (Å²) in [6.45, 7) is 14.4. The van der Waals surface area contributed by atoms with Crippen LogP contribution in [0.4, 0.5) is 0 Å². The molecular weight excluding hydrogens is 420 g/mol. The van der Waals surface area contributed by atoms with E-state index in [0.717, 1.165) is 13.3 Å². The zero-order valence-electron chi connectivity index (χ0n) is 22.7. The van der Waals surface area contributed by atoms with Gasteiger partial charge in [0.15, 0.2) is 0 Å². The van der Waals surface area contributed by atoms with Crippen molar-refractivity contribution in [2.75, 3.05) is 78.8 Å². The lowest BCUT2D eigenvalue weighted by Gasteiger charge is -2.27. The molecule has 6 nitrogen and oxygen atoms in total. The first-order chi connectivity index (χ1) is 16.9. The van der Waals surface area contributed by atoms with Crippen molar-refractivity contribution in [1.82, 2.24) is 31.1 Å². The molecule has 34 heavy (non-hydrogen) atoms. The number of hydrogen-bond donors (Lipinski definition) is 4. The Morgan fingerprint density at radius 3 is 1.15 bits per heavy atom. The average Bonchev–Trinajstić information content (AvgIpc) is 2.88. The first kappa shape index (κ1) is 30.0. The van der Waals surface area contributed by atoms with Crippen LogP contribution in [0.1, 0.15) is 103 Å². The maximum Gasteiger partial charge on any atom is 0.0480 e. The normalized spacial score (nSPS) is 18.0. The molecule has 2 fully saturated rings. The molecule has 2 aliphatic heterocycles. The van der Waals surface area contributed by atoms with Gasteiger partial charge in [0.1, 0.15) is 0 Å². The van der Waals surface area contributed by atoms with Crippen molar-refractivity contribution in [2.24, 2.45) is 0 Å². The highest BCUT2D eigenvalue weighted by Gasteiger charge is 2.08. The van der Waals surface area contributed by atoms with E-state index in [-0.39, 0.29) is 0 Å². The predicted molar refractivity (Wildman–Crippen MR) is 148 cm³/mol. The van der Waals surface area contributed by atoms with Crippen LogP contribution in [0.25, 0.3) is 0 Å². The van der Waals surface area contributed by atoms with Gasteiger partial charge in [0.25, 0.3) is 0 Å². The van der Waals surface area contributed by atoms with Crippen molar-refractivity contribution in [2.45, 2.75) is 103 Å². The van der Waals surface area contributed by atoms with E-state index in [0.29, 0.717) is 0 Å². The smallest absolute Gasteiger partial charge is 0.0480 e. The summed E-state index contributed by atoms with van der Waals surface area (Å²) in [7, 11) is 0. The lowest BCUT2D eigenvalue weighted by molar-refractivity contribution is 0.213. The molecule has 0 bridgehead atoms. The van der Waals surface area contributed by atoms with Crippen LogP contribution < -0.4 is 21.3 Å². The van der Waals surface area contributed by atoms with E-state index >= 15 is 0 Å². The standard InChI is InChI=1S/C28H60N6/c1(3-5-7-9-11-17-29-19-13-23-33-25-15-21-31-27-33)2-4-6-8-10-12-18-30-20-14-24-34-26-16-22-32-28-34/h29-32H,1-28H2. The molecule has 2 saturated heterocycles. The van der Waals surface area contributed by atoms with Gasteiger partial charge in [0.2, 0.25) is 0 Å². The van der Waals surface area contributed by atoms with Crippen LogP contribution in [-0.4, -0.2) is 88.6 Å². The summed E-state index contributed by atoms with van der Waals surface area (Å²) in [5.41, 5.74) is 0. The van der Waals surface area contributed by atoms with E-state index in [1.807, 2.05) is 0 Å². The Kier molecular flexibility index (Phi) is 20.4. The van der Waals surface area contributed by atoms with Gasteiger partial charge in [-0.2, -0.15) is 0 Å². The number of rotatable bonds is 23. The first-order valence-electron chi connectivity index (χ1n) is 15.2. The fourth-order valence-electron chi connectivity index (χ4n) is 5.24. The van der Waals surface area contributed by atoms with Crippen LogP contribution in [0, 0.1) is 0 Å². The SMILES string of the molecule is C(CCCCCCCNCCCN1CCCNC1)CCCCCCNCCCN1CCCNC1.